The lowest BCUT2D eigenvalue weighted by Gasteiger charge is -2.30. The molecule has 1 saturated heterocycles. The lowest BCUT2D eigenvalue weighted by Crippen LogP contribution is -2.36. The zero-order valence-corrected chi connectivity index (χ0v) is 16.6. The second-order valence-electron chi connectivity index (χ2n) is 8.36. The van der Waals surface area contributed by atoms with Crippen molar-refractivity contribution in [3.8, 4) is 0 Å². The van der Waals surface area contributed by atoms with Crippen LogP contribution in [0.1, 0.15) is 54.9 Å². The molecule has 1 aliphatic carbocycles. The van der Waals surface area contributed by atoms with Crippen molar-refractivity contribution in [2.24, 2.45) is 5.92 Å². The summed E-state index contributed by atoms with van der Waals surface area (Å²) in [6, 6.07) is 5.96. The van der Waals surface area contributed by atoms with E-state index in [0.29, 0.717) is 5.69 Å². The van der Waals surface area contributed by atoms with Gasteiger partial charge in [-0.2, -0.15) is 5.10 Å². The third-order valence-electron chi connectivity index (χ3n) is 6.25. The SMILES string of the molecule is O=C(Nc1cnn([C@H]2C[C@@H](CO)N(CC3CCCCC3)C2)c1)c1cccc(F)c1. The van der Waals surface area contributed by atoms with Crippen LogP contribution < -0.4 is 5.32 Å². The molecule has 29 heavy (non-hydrogen) atoms. The van der Waals surface area contributed by atoms with Crippen molar-refractivity contribution in [3.63, 3.8) is 0 Å². The molecule has 7 heteroatoms. The van der Waals surface area contributed by atoms with E-state index in [1.807, 2.05) is 10.9 Å². The van der Waals surface area contributed by atoms with Crippen LogP contribution >= 0.6 is 0 Å². The van der Waals surface area contributed by atoms with Gasteiger partial charge in [0, 0.05) is 30.9 Å². The molecular formula is C22H29FN4O2. The zero-order valence-electron chi connectivity index (χ0n) is 16.6. The molecule has 0 bridgehead atoms. The van der Waals surface area contributed by atoms with Crippen LogP contribution in [-0.4, -0.2) is 51.4 Å². The lowest BCUT2D eigenvalue weighted by atomic mass is 9.89. The van der Waals surface area contributed by atoms with Crippen LogP contribution in [0.3, 0.4) is 0 Å². The zero-order chi connectivity index (χ0) is 20.2. The highest BCUT2D eigenvalue weighted by atomic mass is 19.1. The predicted octanol–water partition coefficient (Wildman–Crippen LogP) is 3.46. The summed E-state index contributed by atoms with van der Waals surface area (Å²) >= 11 is 0. The molecule has 1 amide bonds. The van der Waals surface area contributed by atoms with Gasteiger partial charge in [0.25, 0.3) is 5.91 Å². The summed E-state index contributed by atoms with van der Waals surface area (Å²) in [4.78, 5) is 14.7. The average Bonchev–Trinajstić information content (AvgIpc) is 3.35. The maximum absolute atomic E-state index is 13.3. The van der Waals surface area contributed by atoms with Crippen LogP contribution in [-0.2, 0) is 0 Å². The van der Waals surface area contributed by atoms with Crippen LogP contribution in [0.2, 0.25) is 0 Å². The first-order valence-electron chi connectivity index (χ1n) is 10.6. The summed E-state index contributed by atoms with van der Waals surface area (Å²) in [5.74, 6) is -0.0645. The fourth-order valence-electron chi connectivity index (χ4n) is 4.70. The number of halogens is 1. The Morgan fingerprint density at radius 2 is 2.10 bits per heavy atom. The minimum atomic E-state index is -0.438. The van der Waals surface area contributed by atoms with Gasteiger partial charge >= 0.3 is 0 Å². The third kappa shape index (κ3) is 4.85. The Bertz CT molecular complexity index is 834. The Balaban J connectivity index is 1.37. The molecule has 0 spiro atoms. The van der Waals surface area contributed by atoms with E-state index >= 15 is 0 Å². The molecule has 6 nitrogen and oxygen atoms in total. The number of likely N-dealkylation sites (tertiary alicyclic amines) is 1. The lowest BCUT2D eigenvalue weighted by molar-refractivity contribution is 0.102. The van der Waals surface area contributed by atoms with Crippen molar-refractivity contribution in [1.29, 1.82) is 0 Å². The maximum atomic E-state index is 13.3. The quantitative estimate of drug-likeness (QED) is 0.779. The summed E-state index contributed by atoms with van der Waals surface area (Å²) < 4.78 is 15.2. The second-order valence-corrected chi connectivity index (χ2v) is 8.36. The van der Waals surface area contributed by atoms with E-state index in [1.165, 1.54) is 50.3 Å². The van der Waals surface area contributed by atoms with Gasteiger partial charge < -0.3 is 10.4 Å². The number of carbonyl (C=O) groups is 1. The van der Waals surface area contributed by atoms with E-state index in [0.717, 1.165) is 25.4 Å². The highest BCUT2D eigenvalue weighted by Crippen LogP contribution is 2.31. The van der Waals surface area contributed by atoms with Gasteiger partial charge in [-0.3, -0.25) is 14.4 Å². The van der Waals surface area contributed by atoms with Gasteiger partial charge in [0.05, 0.1) is 24.5 Å². The van der Waals surface area contributed by atoms with E-state index in [4.69, 9.17) is 0 Å². The van der Waals surface area contributed by atoms with E-state index in [9.17, 15) is 14.3 Å². The summed E-state index contributed by atoms with van der Waals surface area (Å²) in [7, 11) is 0. The summed E-state index contributed by atoms with van der Waals surface area (Å²) in [6.07, 6.45) is 10.9. The molecule has 2 heterocycles. The molecule has 2 atom stereocenters. The monoisotopic (exact) mass is 400 g/mol. The van der Waals surface area contributed by atoms with E-state index in [2.05, 4.69) is 15.3 Å². The molecule has 4 rings (SSSR count). The minimum Gasteiger partial charge on any atom is -0.395 e. The second kappa shape index (κ2) is 9.05. The molecule has 0 radical (unpaired) electrons. The number of amides is 1. The van der Waals surface area contributed by atoms with Crippen LogP contribution in [0.4, 0.5) is 10.1 Å². The van der Waals surface area contributed by atoms with Crippen molar-refractivity contribution in [3.05, 3.63) is 48.0 Å². The van der Waals surface area contributed by atoms with Crippen LogP contribution in [0, 0.1) is 11.7 Å². The number of carbonyl (C=O) groups excluding carboxylic acids is 1. The Hall–Kier alpha value is -2.25. The van der Waals surface area contributed by atoms with Gasteiger partial charge in [-0.05, 0) is 43.4 Å². The number of nitrogens with one attached hydrogen (secondary N) is 1. The summed E-state index contributed by atoms with van der Waals surface area (Å²) in [5, 5.41) is 17.1. The first-order chi connectivity index (χ1) is 14.1. The Kier molecular flexibility index (Phi) is 6.25. The molecule has 2 N–H and O–H groups in total. The number of rotatable bonds is 6. The first-order valence-corrected chi connectivity index (χ1v) is 10.6. The van der Waals surface area contributed by atoms with Gasteiger partial charge in [-0.15, -0.1) is 0 Å². The highest BCUT2D eigenvalue weighted by molar-refractivity contribution is 6.04. The Morgan fingerprint density at radius 1 is 1.28 bits per heavy atom. The number of nitrogens with zero attached hydrogens (tertiary/aromatic N) is 3. The number of hydrogen-bond donors (Lipinski definition) is 2. The fraction of sp³-hybridized carbons (Fsp3) is 0.545. The Morgan fingerprint density at radius 3 is 2.86 bits per heavy atom. The van der Waals surface area contributed by atoms with Crippen molar-refractivity contribution in [2.75, 3.05) is 25.0 Å². The van der Waals surface area contributed by atoms with Gasteiger partial charge in [0.15, 0.2) is 0 Å². The molecule has 156 valence electrons. The molecule has 1 saturated carbocycles. The number of benzene rings is 1. The minimum absolute atomic E-state index is 0.160. The molecule has 2 aliphatic rings. The number of aromatic nitrogens is 2. The van der Waals surface area contributed by atoms with Crippen molar-refractivity contribution in [1.82, 2.24) is 14.7 Å². The molecular weight excluding hydrogens is 371 g/mol. The fourth-order valence-corrected chi connectivity index (χ4v) is 4.70. The average molecular weight is 400 g/mol. The summed E-state index contributed by atoms with van der Waals surface area (Å²) in [5.41, 5.74) is 0.864. The molecule has 2 fully saturated rings. The maximum Gasteiger partial charge on any atom is 0.255 e. The highest BCUT2D eigenvalue weighted by Gasteiger charge is 2.34. The molecule has 1 aliphatic heterocycles. The number of hydrogen-bond acceptors (Lipinski definition) is 4. The first kappa shape index (κ1) is 20.0. The van der Waals surface area contributed by atoms with Crippen molar-refractivity contribution < 1.29 is 14.3 Å². The molecule has 1 aromatic heterocycles. The van der Waals surface area contributed by atoms with Gasteiger partial charge in [0.1, 0.15) is 5.82 Å². The largest absolute Gasteiger partial charge is 0.395 e. The topological polar surface area (TPSA) is 70.4 Å². The van der Waals surface area contributed by atoms with Crippen LogP contribution in [0.25, 0.3) is 0 Å². The standard InChI is InChI=1S/C22H29FN4O2/c23-18-8-4-7-17(9-18)22(29)25-19-11-24-27(13-19)20-10-21(15-28)26(14-20)12-16-5-2-1-3-6-16/h4,7-9,11,13,16,20-21,28H,1-3,5-6,10,12,14-15H2,(H,25,29)/t20-,21-/m0/s1. The van der Waals surface area contributed by atoms with Gasteiger partial charge in [-0.1, -0.05) is 25.3 Å². The molecule has 0 unspecified atom stereocenters. The Labute approximate surface area is 170 Å². The van der Waals surface area contributed by atoms with Gasteiger partial charge in [-0.25, -0.2) is 4.39 Å². The third-order valence-corrected chi connectivity index (χ3v) is 6.25. The van der Waals surface area contributed by atoms with E-state index < -0.39 is 5.82 Å². The predicted molar refractivity (Wildman–Crippen MR) is 109 cm³/mol. The van der Waals surface area contributed by atoms with Crippen molar-refractivity contribution >= 4 is 11.6 Å². The van der Waals surface area contributed by atoms with E-state index in [-0.39, 0.29) is 30.2 Å². The molecule has 1 aromatic carbocycles. The summed E-state index contributed by atoms with van der Waals surface area (Å²) in [6.45, 7) is 2.07. The number of aliphatic hydroxyl groups is 1. The van der Waals surface area contributed by atoms with Crippen LogP contribution in [0.15, 0.2) is 36.7 Å². The van der Waals surface area contributed by atoms with Crippen LogP contribution in [0.5, 0.6) is 0 Å². The number of anilines is 1. The normalized spacial score (nSPS) is 23.4. The van der Waals surface area contributed by atoms with E-state index in [1.54, 1.807) is 12.3 Å². The molecule has 2 aromatic rings. The number of aliphatic hydroxyl groups excluding tert-OH is 1. The smallest absolute Gasteiger partial charge is 0.255 e. The van der Waals surface area contributed by atoms with Gasteiger partial charge in [0.2, 0.25) is 0 Å². The van der Waals surface area contributed by atoms with Crippen molar-refractivity contribution in [2.45, 2.75) is 50.6 Å².